The molecule has 33 heavy (non-hydrogen) atoms. The predicted octanol–water partition coefficient (Wildman–Crippen LogP) is 4.72. The fourth-order valence-corrected chi connectivity index (χ4v) is 5.12. The molecule has 4 heterocycles. The van der Waals surface area contributed by atoms with E-state index >= 15 is 0 Å². The standard InChI is InChI=1S/C26H31N3O4/c1-4-5-13-31-20-6-7-22-19(16-20)8-14-32-26(22)9-11-29(12-10-26)25(30)21-15-17(2)27-24-23(21)18(3)28-33-24/h6-7,15-16H,4-5,8-14H2,1-3H3. The maximum atomic E-state index is 13.5. The van der Waals surface area contributed by atoms with Crippen LogP contribution in [0.4, 0.5) is 0 Å². The number of hydrogen-bond acceptors (Lipinski definition) is 6. The smallest absolute Gasteiger partial charge is 0.258 e. The maximum absolute atomic E-state index is 13.5. The first-order chi connectivity index (χ1) is 16.0. The Kier molecular flexibility index (Phi) is 5.83. The number of nitrogens with zero attached hydrogens (tertiary/aromatic N) is 3. The second-order valence-electron chi connectivity index (χ2n) is 9.17. The number of pyridine rings is 1. The summed E-state index contributed by atoms with van der Waals surface area (Å²) in [6.07, 6.45) is 4.63. The van der Waals surface area contributed by atoms with Crippen LogP contribution in [0.2, 0.25) is 0 Å². The van der Waals surface area contributed by atoms with Crippen molar-refractivity contribution in [1.82, 2.24) is 15.0 Å². The number of carbonyl (C=O) groups excluding carboxylic acids is 1. The largest absolute Gasteiger partial charge is 0.494 e. The van der Waals surface area contributed by atoms with Crippen LogP contribution in [0.1, 0.15) is 65.5 Å². The molecule has 3 aromatic rings. The van der Waals surface area contributed by atoms with E-state index in [1.165, 1.54) is 11.1 Å². The number of rotatable bonds is 5. The molecule has 174 valence electrons. The topological polar surface area (TPSA) is 77.7 Å². The van der Waals surface area contributed by atoms with Gasteiger partial charge in [-0.05, 0) is 68.9 Å². The van der Waals surface area contributed by atoms with Crippen LogP contribution in [0.5, 0.6) is 5.75 Å². The number of aromatic nitrogens is 2. The summed E-state index contributed by atoms with van der Waals surface area (Å²) in [5.41, 5.74) is 4.70. The Morgan fingerprint density at radius 2 is 2.03 bits per heavy atom. The van der Waals surface area contributed by atoms with E-state index in [0.29, 0.717) is 42.1 Å². The summed E-state index contributed by atoms with van der Waals surface area (Å²) in [5, 5.41) is 4.72. The van der Waals surface area contributed by atoms with Crippen LogP contribution in [0.25, 0.3) is 11.1 Å². The molecule has 0 saturated carbocycles. The molecular formula is C26H31N3O4. The molecule has 5 rings (SSSR count). The normalized spacial score (nSPS) is 17.4. The lowest BCUT2D eigenvalue weighted by Gasteiger charge is -2.45. The van der Waals surface area contributed by atoms with Gasteiger partial charge in [-0.25, -0.2) is 4.98 Å². The summed E-state index contributed by atoms with van der Waals surface area (Å²) < 4.78 is 17.6. The summed E-state index contributed by atoms with van der Waals surface area (Å²) in [6, 6.07) is 8.25. The third kappa shape index (κ3) is 3.99. The number of unbranched alkanes of at least 4 members (excludes halogenated alkanes) is 1. The minimum Gasteiger partial charge on any atom is -0.494 e. The van der Waals surface area contributed by atoms with E-state index in [1.807, 2.05) is 24.8 Å². The fraction of sp³-hybridized carbons (Fsp3) is 0.500. The van der Waals surface area contributed by atoms with E-state index in [4.69, 9.17) is 14.0 Å². The molecule has 7 heteroatoms. The Bertz CT molecular complexity index is 1180. The zero-order valence-electron chi connectivity index (χ0n) is 19.6. The maximum Gasteiger partial charge on any atom is 0.258 e. The molecule has 0 aliphatic carbocycles. The minimum atomic E-state index is -0.330. The molecule has 1 spiro atoms. The zero-order chi connectivity index (χ0) is 23.0. The van der Waals surface area contributed by atoms with Gasteiger partial charge in [0.25, 0.3) is 11.6 Å². The number of carbonyl (C=O) groups is 1. The van der Waals surface area contributed by atoms with E-state index < -0.39 is 0 Å². The van der Waals surface area contributed by atoms with Crippen molar-refractivity contribution in [3.63, 3.8) is 0 Å². The van der Waals surface area contributed by atoms with Crippen molar-refractivity contribution < 1.29 is 18.8 Å². The molecule has 0 atom stereocenters. The van der Waals surface area contributed by atoms with Crippen LogP contribution >= 0.6 is 0 Å². The van der Waals surface area contributed by atoms with Gasteiger partial charge in [0.05, 0.1) is 35.5 Å². The lowest BCUT2D eigenvalue weighted by molar-refractivity contribution is -0.0935. The van der Waals surface area contributed by atoms with Crippen molar-refractivity contribution in [1.29, 1.82) is 0 Å². The number of ether oxygens (including phenoxy) is 2. The molecule has 0 unspecified atom stereocenters. The van der Waals surface area contributed by atoms with E-state index in [0.717, 1.165) is 50.2 Å². The second kappa shape index (κ2) is 8.78. The summed E-state index contributed by atoms with van der Waals surface area (Å²) in [7, 11) is 0. The van der Waals surface area contributed by atoms with Crippen LogP contribution in [-0.2, 0) is 16.8 Å². The Morgan fingerprint density at radius 3 is 2.82 bits per heavy atom. The van der Waals surface area contributed by atoms with Gasteiger partial charge < -0.3 is 18.9 Å². The number of hydrogen-bond donors (Lipinski definition) is 0. The zero-order valence-corrected chi connectivity index (χ0v) is 19.6. The second-order valence-corrected chi connectivity index (χ2v) is 9.17. The van der Waals surface area contributed by atoms with Gasteiger partial charge in [-0.15, -0.1) is 0 Å². The molecule has 1 fully saturated rings. The van der Waals surface area contributed by atoms with Crippen molar-refractivity contribution >= 4 is 17.0 Å². The van der Waals surface area contributed by atoms with Crippen molar-refractivity contribution in [2.24, 2.45) is 0 Å². The highest BCUT2D eigenvalue weighted by Gasteiger charge is 2.42. The Labute approximate surface area is 194 Å². The third-order valence-electron chi connectivity index (χ3n) is 6.92. The number of piperidine rings is 1. The van der Waals surface area contributed by atoms with Crippen LogP contribution in [0, 0.1) is 13.8 Å². The molecule has 0 N–H and O–H groups in total. The number of likely N-dealkylation sites (tertiary alicyclic amines) is 1. The van der Waals surface area contributed by atoms with Gasteiger partial charge >= 0.3 is 0 Å². The highest BCUT2D eigenvalue weighted by Crippen LogP contribution is 2.43. The van der Waals surface area contributed by atoms with Crippen LogP contribution in [-0.4, -0.2) is 47.3 Å². The highest BCUT2D eigenvalue weighted by atomic mass is 16.5. The van der Waals surface area contributed by atoms with Gasteiger partial charge in [-0.2, -0.15) is 0 Å². The van der Waals surface area contributed by atoms with E-state index in [9.17, 15) is 4.79 Å². The van der Waals surface area contributed by atoms with E-state index in [-0.39, 0.29) is 11.5 Å². The molecule has 0 bridgehead atoms. The van der Waals surface area contributed by atoms with E-state index in [2.05, 4.69) is 35.3 Å². The average Bonchev–Trinajstić information content (AvgIpc) is 3.19. The van der Waals surface area contributed by atoms with Gasteiger partial charge in [0.1, 0.15) is 5.75 Å². The van der Waals surface area contributed by atoms with Crippen LogP contribution < -0.4 is 4.74 Å². The van der Waals surface area contributed by atoms with Gasteiger partial charge in [0, 0.05) is 18.8 Å². The molecule has 1 saturated heterocycles. The Morgan fingerprint density at radius 1 is 1.21 bits per heavy atom. The number of benzene rings is 1. The molecule has 7 nitrogen and oxygen atoms in total. The molecular weight excluding hydrogens is 418 g/mol. The Balaban J connectivity index is 1.35. The van der Waals surface area contributed by atoms with Gasteiger partial charge in [-0.3, -0.25) is 4.79 Å². The van der Waals surface area contributed by atoms with Gasteiger partial charge in [-0.1, -0.05) is 24.6 Å². The van der Waals surface area contributed by atoms with Crippen molar-refractivity contribution in [2.75, 3.05) is 26.3 Å². The third-order valence-corrected chi connectivity index (χ3v) is 6.92. The number of amides is 1. The van der Waals surface area contributed by atoms with Crippen LogP contribution in [0.15, 0.2) is 28.8 Å². The molecule has 0 radical (unpaired) electrons. The first-order valence-electron chi connectivity index (χ1n) is 11.9. The number of aryl methyl sites for hydroxylation is 2. The molecule has 1 amide bonds. The molecule has 2 aliphatic rings. The van der Waals surface area contributed by atoms with Crippen LogP contribution in [0.3, 0.4) is 0 Å². The Hall–Kier alpha value is -2.93. The molecule has 2 aromatic heterocycles. The quantitative estimate of drug-likeness (QED) is 0.525. The van der Waals surface area contributed by atoms with Crippen molar-refractivity contribution in [3.05, 3.63) is 52.3 Å². The van der Waals surface area contributed by atoms with Crippen molar-refractivity contribution in [3.8, 4) is 5.75 Å². The summed E-state index contributed by atoms with van der Waals surface area (Å²) in [5.74, 6) is 0.940. The summed E-state index contributed by atoms with van der Waals surface area (Å²) >= 11 is 0. The monoisotopic (exact) mass is 449 g/mol. The molecule has 1 aromatic carbocycles. The van der Waals surface area contributed by atoms with Gasteiger partial charge in [0.15, 0.2) is 0 Å². The SMILES string of the molecule is CCCCOc1ccc2c(c1)CCOC21CCN(C(=O)c2cc(C)nc3onc(C)c23)CC1. The highest BCUT2D eigenvalue weighted by molar-refractivity contribution is 6.06. The summed E-state index contributed by atoms with van der Waals surface area (Å²) in [6.45, 7) is 8.61. The van der Waals surface area contributed by atoms with E-state index in [1.54, 1.807) is 0 Å². The fourth-order valence-electron chi connectivity index (χ4n) is 5.12. The van der Waals surface area contributed by atoms with Crippen molar-refractivity contribution in [2.45, 2.75) is 58.5 Å². The average molecular weight is 450 g/mol. The molecule has 2 aliphatic heterocycles. The number of fused-ring (bicyclic) bond motifs is 3. The lowest BCUT2D eigenvalue weighted by atomic mass is 9.79. The summed E-state index contributed by atoms with van der Waals surface area (Å²) in [4.78, 5) is 19.8. The first-order valence-corrected chi connectivity index (χ1v) is 11.9. The van der Waals surface area contributed by atoms with Gasteiger partial charge in [0.2, 0.25) is 0 Å². The first kappa shape index (κ1) is 21.9. The predicted molar refractivity (Wildman–Crippen MR) is 125 cm³/mol. The minimum absolute atomic E-state index is 0.00218. The lowest BCUT2D eigenvalue weighted by Crippen LogP contribution is -2.48.